The summed E-state index contributed by atoms with van der Waals surface area (Å²) in [5.41, 5.74) is 0.632. The van der Waals surface area contributed by atoms with E-state index in [0.717, 1.165) is 3.57 Å². The number of benzene rings is 1. The third-order valence-electron chi connectivity index (χ3n) is 2.08. The molecule has 1 amide bonds. The van der Waals surface area contributed by atoms with Crippen LogP contribution < -0.4 is 19.5 Å². The highest BCUT2D eigenvalue weighted by Crippen LogP contribution is 2.44. The molecule has 1 rings (SSSR count). The minimum Gasteiger partial charge on any atom is -0.493 e. The quantitative estimate of drug-likeness (QED) is 0.846. The molecular formula is C11H14INO4. The van der Waals surface area contributed by atoms with Gasteiger partial charge in [-0.05, 0) is 22.6 Å². The zero-order valence-corrected chi connectivity index (χ0v) is 12.2. The fourth-order valence-electron chi connectivity index (χ4n) is 1.40. The van der Waals surface area contributed by atoms with Gasteiger partial charge in [0.2, 0.25) is 11.7 Å². The van der Waals surface area contributed by atoms with E-state index in [-0.39, 0.29) is 5.91 Å². The lowest BCUT2D eigenvalue weighted by Gasteiger charge is -2.16. The van der Waals surface area contributed by atoms with E-state index < -0.39 is 0 Å². The van der Waals surface area contributed by atoms with Crippen molar-refractivity contribution in [3.8, 4) is 17.2 Å². The van der Waals surface area contributed by atoms with Crippen molar-refractivity contribution in [1.82, 2.24) is 0 Å². The van der Waals surface area contributed by atoms with Crippen LogP contribution in [0.3, 0.4) is 0 Å². The maximum Gasteiger partial charge on any atom is 0.221 e. The van der Waals surface area contributed by atoms with Gasteiger partial charge in [-0.3, -0.25) is 4.79 Å². The minimum absolute atomic E-state index is 0.155. The first-order valence-electron chi connectivity index (χ1n) is 4.81. The summed E-state index contributed by atoms with van der Waals surface area (Å²) in [6.07, 6.45) is 0. The molecule has 5 nitrogen and oxygen atoms in total. The van der Waals surface area contributed by atoms with Gasteiger partial charge in [0.15, 0.2) is 11.5 Å². The van der Waals surface area contributed by atoms with E-state index in [1.54, 1.807) is 6.07 Å². The minimum atomic E-state index is -0.155. The number of carbonyl (C=O) groups is 1. The average Bonchev–Trinajstić information content (AvgIpc) is 2.30. The van der Waals surface area contributed by atoms with Gasteiger partial charge < -0.3 is 19.5 Å². The Morgan fingerprint density at radius 3 is 2.18 bits per heavy atom. The number of ether oxygens (including phenoxy) is 3. The lowest BCUT2D eigenvalue weighted by Crippen LogP contribution is -2.09. The molecule has 0 aromatic heterocycles. The summed E-state index contributed by atoms with van der Waals surface area (Å²) in [6, 6.07) is 1.70. The molecule has 1 N–H and O–H groups in total. The van der Waals surface area contributed by atoms with Crippen molar-refractivity contribution < 1.29 is 19.0 Å². The zero-order chi connectivity index (χ0) is 13.0. The molecule has 0 aliphatic heterocycles. The Balaban J connectivity index is 3.39. The maximum absolute atomic E-state index is 11.1. The molecule has 17 heavy (non-hydrogen) atoms. The first kappa shape index (κ1) is 13.9. The number of hydrogen-bond donors (Lipinski definition) is 1. The van der Waals surface area contributed by atoms with E-state index >= 15 is 0 Å². The third kappa shape index (κ3) is 2.93. The van der Waals surface area contributed by atoms with Crippen LogP contribution in [0.1, 0.15) is 6.92 Å². The number of amides is 1. The van der Waals surface area contributed by atoms with Crippen LogP contribution in [0.5, 0.6) is 17.2 Å². The van der Waals surface area contributed by atoms with Crippen LogP contribution in [0.25, 0.3) is 0 Å². The van der Waals surface area contributed by atoms with Crippen LogP contribution >= 0.6 is 22.6 Å². The molecule has 6 heteroatoms. The highest BCUT2D eigenvalue weighted by molar-refractivity contribution is 14.1. The fraction of sp³-hybridized carbons (Fsp3) is 0.364. The van der Waals surface area contributed by atoms with Gasteiger partial charge in [0.05, 0.1) is 30.6 Å². The van der Waals surface area contributed by atoms with E-state index in [0.29, 0.717) is 22.9 Å². The van der Waals surface area contributed by atoms with Crippen LogP contribution in [0.2, 0.25) is 0 Å². The summed E-state index contributed by atoms with van der Waals surface area (Å²) >= 11 is 2.08. The number of hydrogen-bond acceptors (Lipinski definition) is 4. The number of carbonyl (C=O) groups excluding carboxylic acids is 1. The van der Waals surface area contributed by atoms with Gasteiger partial charge in [0.25, 0.3) is 0 Å². The molecule has 1 aromatic rings. The second-order valence-corrected chi connectivity index (χ2v) is 4.27. The standard InChI is InChI=1S/C11H14INO4/c1-6(14)13-7-5-8(15-2)10(16-3)11(17-4)9(7)12/h5H,1-4H3,(H,13,14). The maximum atomic E-state index is 11.1. The average molecular weight is 351 g/mol. The Labute approximate surface area is 114 Å². The van der Waals surface area contributed by atoms with Crippen LogP contribution in [-0.2, 0) is 4.79 Å². The Hall–Kier alpha value is -1.18. The van der Waals surface area contributed by atoms with E-state index in [9.17, 15) is 4.79 Å². The van der Waals surface area contributed by atoms with E-state index in [1.165, 1.54) is 28.3 Å². The topological polar surface area (TPSA) is 56.8 Å². The van der Waals surface area contributed by atoms with Gasteiger partial charge in [0, 0.05) is 13.0 Å². The predicted molar refractivity (Wildman–Crippen MR) is 73.1 cm³/mol. The van der Waals surface area contributed by atoms with Crippen LogP contribution in [-0.4, -0.2) is 27.2 Å². The van der Waals surface area contributed by atoms with Crippen molar-refractivity contribution in [2.24, 2.45) is 0 Å². The van der Waals surface area contributed by atoms with Crippen LogP contribution in [0, 0.1) is 3.57 Å². The zero-order valence-electron chi connectivity index (χ0n) is 10.1. The molecule has 0 saturated carbocycles. The van der Waals surface area contributed by atoms with Crippen molar-refractivity contribution in [1.29, 1.82) is 0 Å². The van der Waals surface area contributed by atoms with Gasteiger partial charge in [-0.1, -0.05) is 0 Å². The fourth-order valence-corrected chi connectivity index (χ4v) is 2.16. The van der Waals surface area contributed by atoms with Gasteiger partial charge in [-0.15, -0.1) is 0 Å². The summed E-state index contributed by atoms with van der Waals surface area (Å²) < 4.78 is 16.5. The van der Waals surface area contributed by atoms with Crippen molar-refractivity contribution in [3.05, 3.63) is 9.64 Å². The predicted octanol–water partition coefficient (Wildman–Crippen LogP) is 2.28. The Morgan fingerprint density at radius 2 is 1.76 bits per heavy atom. The van der Waals surface area contributed by atoms with Gasteiger partial charge in [0.1, 0.15) is 0 Å². The SMILES string of the molecule is COc1cc(NC(C)=O)c(I)c(OC)c1OC. The van der Waals surface area contributed by atoms with Crippen LogP contribution in [0.15, 0.2) is 6.07 Å². The lowest BCUT2D eigenvalue weighted by molar-refractivity contribution is -0.114. The number of rotatable bonds is 4. The molecule has 94 valence electrons. The Morgan fingerprint density at radius 1 is 1.18 bits per heavy atom. The molecule has 0 aliphatic rings. The van der Waals surface area contributed by atoms with E-state index in [4.69, 9.17) is 14.2 Å². The first-order chi connectivity index (χ1) is 8.04. The monoisotopic (exact) mass is 351 g/mol. The normalized spacial score (nSPS) is 9.71. The molecular weight excluding hydrogens is 337 g/mol. The number of nitrogens with one attached hydrogen (secondary N) is 1. The molecule has 1 aromatic carbocycles. The summed E-state index contributed by atoms with van der Waals surface area (Å²) in [5.74, 6) is 1.40. The summed E-state index contributed by atoms with van der Waals surface area (Å²) in [7, 11) is 4.60. The summed E-state index contributed by atoms with van der Waals surface area (Å²) in [6.45, 7) is 1.44. The molecule has 0 atom stereocenters. The number of methoxy groups -OCH3 is 3. The van der Waals surface area contributed by atoms with Crippen molar-refractivity contribution in [2.75, 3.05) is 26.6 Å². The van der Waals surface area contributed by atoms with Crippen molar-refractivity contribution in [3.63, 3.8) is 0 Å². The van der Waals surface area contributed by atoms with Gasteiger partial charge >= 0.3 is 0 Å². The molecule has 0 fully saturated rings. The largest absolute Gasteiger partial charge is 0.493 e. The Bertz CT molecular complexity index is 434. The molecule has 0 aliphatic carbocycles. The van der Waals surface area contributed by atoms with Gasteiger partial charge in [-0.25, -0.2) is 0 Å². The molecule has 0 unspecified atom stereocenters. The lowest BCUT2D eigenvalue weighted by atomic mass is 10.2. The van der Waals surface area contributed by atoms with Crippen LogP contribution in [0.4, 0.5) is 5.69 Å². The highest BCUT2D eigenvalue weighted by Gasteiger charge is 2.19. The second kappa shape index (κ2) is 5.95. The second-order valence-electron chi connectivity index (χ2n) is 3.19. The number of halogens is 1. The molecule has 0 bridgehead atoms. The molecule has 0 radical (unpaired) electrons. The molecule has 0 spiro atoms. The molecule has 0 saturated heterocycles. The first-order valence-corrected chi connectivity index (χ1v) is 5.89. The van der Waals surface area contributed by atoms with Crippen molar-refractivity contribution in [2.45, 2.75) is 6.92 Å². The van der Waals surface area contributed by atoms with E-state index in [1.807, 2.05) is 0 Å². The molecule has 0 heterocycles. The van der Waals surface area contributed by atoms with Crippen molar-refractivity contribution >= 4 is 34.2 Å². The number of anilines is 1. The third-order valence-corrected chi connectivity index (χ3v) is 3.15. The summed E-state index contributed by atoms with van der Waals surface area (Å²) in [4.78, 5) is 11.1. The van der Waals surface area contributed by atoms with E-state index in [2.05, 4.69) is 27.9 Å². The Kier molecular flexibility index (Phi) is 4.86. The summed E-state index contributed by atoms with van der Waals surface area (Å²) in [5, 5.41) is 2.71. The van der Waals surface area contributed by atoms with Gasteiger partial charge in [-0.2, -0.15) is 0 Å². The smallest absolute Gasteiger partial charge is 0.221 e. The highest BCUT2D eigenvalue weighted by atomic mass is 127.